The molecule has 1 aliphatic rings. The van der Waals surface area contributed by atoms with E-state index in [0.717, 1.165) is 0 Å². The molecule has 1 saturated heterocycles. The lowest BCUT2D eigenvalue weighted by atomic mass is 9.97. The van der Waals surface area contributed by atoms with Crippen molar-refractivity contribution in [3.8, 4) is 0 Å². The average molecular weight is 279 g/mol. The maximum absolute atomic E-state index is 10.4. The Morgan fingerprint density at radius 2 is 2.25 bits per heavy atom. The Morgan fingerprint density at radius 3 is 2.90 bits per heavy atom. The predicted molar refractivity (Wildman–Crippen MR) is 72.8 cm³/mol. The molecule has 2 aromatic heterocycles. The van der Waals surface area contributed by atoms with Gasteiger partial charge in [-0.2, -0.15) is 9.97 Å². The van der Waals surface area contributed by atoms with E-state index < -0.39 is 11.7 Å². The van der Waals surface area contributed by atoms with Crippen LogP contribution in [0.1, 0.15) is 13.0 Å². The average Bonchev–Trinajstić information content (AvgIpc) is 2.93. The van der Waals surface area contributed by atoms with Gasteiger partial charge in [0.05, 0.1) is 24.6 Å². The molecule has 0 bridgehead atoms. The van der Waals surface area contributed by atoms with Crippen molar-refractivity contribution in [1.82, 2.24) is 14.5 Å². The van der Waals surface area contributed by atoms with E-state index in [0.29, 0.717) is 16.9 Å². The lowest BCUT2D eigenvalue weighted by Crippen LogP contribution is -2.42. The van der Waals surface area contributed by atoms with Gasteiger partial charge in [-0.1, -0.05) is 0 Å². The van der Waals surface area contributed by atoms with Crippen LogP contribution in [0.4, 0.5) is 11.8 Å². The molecule has 0 spiro atoms. The lowest BCUT2D eigenvalue weighted by Gasteiger charge is -2.26. The summed E-state index contributed by atoms with van der Waals surface area (Å²) in [6, 6.07) is 1.41. The molecule has 3 rings (SSSR count). The Hall–Kier alpha value is -1.90. The van der Waals surface area contributed by atoms with Crippen molar-refractivity contribution < 1.29 is 14.9 Å². The fourth-order valence-electron chi connectivity index (χ4n) is 2.57. The number of hydrogen-bond donors (Lipinski definition) is 4. The molecule has 0 amide bonds. The summed E-state index contributed by atoms with van der Waals surface area (Å²) >= 11 is 0. The second-order valence-electron chi connectivity index (χ2n) is 5.22. The number of nitrogens with zero attached hydrogens (tertiary/aromatic N) is 3. The van der Waals surface area contributed by atoms with Crippen molar-refractivity contribution in [3.05, 3.63) is 12.3 Å². The monoisotopic (exact) mass is 279 g/mol. The van der Waals surface area contributed by atoms with Gasteiger partial charge in [0, 0.05) is 6.20 Å². The molecule has 8 nitrogen and oxygen atoms in total. The van der Waals surface area contributed by atoms with Crippen LogP contribution in [0.5, 0.6) is 0 Å². The minimum Gasteiger partial charge on any atom is -0.393 e. The summed E-state index contributed by atoms with van der Waals surface area (Å²) in [6.45, 7) is 1.68. The molecule has 108 valence electrons. The van der Waals surface area contributed by atoms with Crippen LogP contribution in [0.3, 0.4) is 0 Å². The van der Waals surface area contributed by atoms with E-state index in [1.54, 1.807) is 23.8 Å². The number of hydrogen-bond acceptors (Lipinski definition) is 7. The van der Waals surface area contributed by atoms with Crippen molar-refractivity contribution in [2.45, 2.75) is 24.7 Å². The highest BCUT2D eigenvalue weighted by Crippen LogP contribution is 2.35. The van der Waals surface area contributed by atoms with E-state index in [-0.39, 0.29) is 25.2 Å². The van der Waals surface area contributed by atoms with E-state index in [1.165, 1.54) is 0 Å². The SMILES string of the molecule is C[C@]1(CO)OCC(n2ccc3c(N)nc(N)nc32)[C@@H]1O. The first-order valence-corrected chi connectivity index (χ1v) is 6.28. The molecule has 20 heavy (non-hydrogen) atoms. The lowest BCUT2D eigenvalue weighted by molar-refractivity contribution is -0.0781. The van der Waals surface area contributed by atoms with Crippen LogP contribution < -0.4 is 11.5 Å². The minimum atomic E-state index is -0.981. The first-order valence-electron chi connectivity index (χ1n) is 6.28. The van der Waals surface area contributed by atoms with Crippen LogP contribution >= 0.6 is 0 Å². The first kappa shape index (κ1) is 13.1. The molecule has 8 heteroatoms. The van der Waals surface area contributed by atoms with Crippen molar-refractivity contribution >= 4 is 22.8 Å². The number of rotatable bonds is 2. The third-order valence-electron chi connectivity index (χ3n) is 3.86. The number of nitrogen functional groups attached to an aromatic ring is 2. The zero-order valence-electron chi connectivity index (χ0n) is 11.0. The van der Waals surface area contributed by atoms with Crippen molar-refractivity contribution in [3.63, 3.8) is 0 Å². The number of fused-ring (bicyclic) bond motifs is 1. The van der Waals surface area contributed by atoms with Crippen molar-refractivity contribution in [2.24, 2.45) is 0 Å². The van der Waals surface area contributed by atoms with Gasteiger partial charge in [0.2, 0.25) is 5.95 Å². The summed E-state index contributed by atoms with van der Waals surface area (Å²) in [5.41, 5.74) is 11.0. The van der Waals surface area contributed by atoms with Crippen molar-refractivity contribution in [2.75, 3.05) is 24.7 Å². The Balaban J connectivity index is 2.08. The van der Waals surface area contributed by atoms with E-state index in [2.05, 4.69) is 9.97 Å². The molecule has 3 heterocycles. The normalized spacial score (nSPS) is 30.1. The van der Waals surface area contributed by atoms with Gasteiger partial charge in [0.25, 0.3) is 0 Å². The molecular weight excluding hydrogens is 262 g/mol. The fourth-order valence-corrected chi connectivity index (χ4v) is 2.57. The Labute approximate surface area is 115 Å². The molecule has 6 N–H and O–H groups in total. The molecular formula is C12H17N5O3. The highest BCUT2D eigenvalue weighted by atomic mass is 16.5. The fraction of sp³-hybridized carbons (Fsp3) is 0.500. The van der Waals surface area contributed by atoms with Crippen LogP contribution in [0.15, 0.2) is 12.3 Å². The van der Waals surface area contributed by atoms with Gasteiger partial charge in [-0.05, 0) is 13.0 Å². The third kappa shape index (κ3) is 1.73. The summed E-state index contributed by atoms with van der Waals surface area (Å²) in [7, 11) is 0. The van der Waals surface area contributed by atoms with Gasteiger partial charge in [0.1, 0.15) is 23.2 Å². The summed E-state index contributed by atoms with van der Waals surface area (Å²) in [4.78, 5) is 8.07. The van der Waals surface area contributed by atoms with Gasteiger partial charge in [0.15, 0.2) is 0 Å². The highest BCUT2D eigenvalue weighted by molar-refractivity contribution is 5.87. The van der Waals surface area contributed by atoms with Gasteiger partial charge < -0.3 is 31.0 Å². The number of aromatic nitrogens is 3. The maximum atomic E-state index is 10.4. The third-order valence-corrected chi connectivity index (χ3v) is 3.86. The van der Waals surface area contributed by atoms with Crippen LogP contribution in [-0.4, -0.2) is 49.7 Å². The molecule has 1 aliphatic heterocycles. The van der Waals surface area contributed by atoms with Gasteiger partial charge in [-0.3, -0.25) is 0 Å². The molecule has 0 aromatic carbocycles. The van der Waals surface area contributed by atoms with E-state index in [1.807, 2.05) is 0 Å². The number of aliphatic hydroxyl groups is 2. The van der Waals surface area contributed by atoms with Gasteiger partial charge >= 0.3 is 0 Å². The van der Waals surface area contributed by atoms with Crippen LogP contribution in [0.2, 0.25) is 0 Å². The highest BCUT2D eigenvalue weighted by Gasteiger charge is 2.46. The van der Waals surface area contributed by atoms with E-state index >= 15 is 0 Å². The Bertz CT molecular complexity index is 658. The summed E-state index contributed by atoms with van der Waals surface area (Å²) < 4.78 is 7.28. The van der Waals surface area contributed by atoms with Crippen molar-refractivity contribution in [1.29, 1.82) is 0 Å². The zero-order valence-corrected chi connectivity index (χ0v) is 11.0. The zero-order chi connectivity index (χ0) is 14.5. The largest absolute Gasteiger partial charge is 0.393 e. The molecule has 1 unspecified atom stereocenters. The molecule has 0 aliphatic carbocycles. The molecule has 0 saturated carbocycles. The van der Waals surface area contributed by atoms with E-state index in [4.69, 9.17) is 16.2 Å². The van der Waals surface area contributed by atoms with E-state index in [9.17, 15) is 10.2 Å². The molecule has 2 aromatic rings. The first-order chi connectivity index (χ1) is 9.46. The minimum absolute atomic E-state index is 0.0771. The molecule has 3 atom stereocenters. The summed E-state index contributed by atoms with van der Waals surface area (Å²) in [6.07, 6.45) is 0.899. The van der Waals surface area contributed by atoms with Crippen LogP contribution in [-0.2, 0) is 4.74 Å². The summed E-state index contributed by atoms with van der Waals surface area (Å²) in [5, 5.41) is 20.4. The topological polar surface area (TPSA) is 132 Å². The number of ether oxygens (including phenoxy) is 1. The second-order valence-corrected chi connectivity index (χ2v) is 5.22. The number of aliphatic hydroxyl groups excluding tert-OH is 2. The number of nitrogens with two attached hydrogens (primary N) is 2. The smallest absolute Gasteiger partial charge is 0.223 e. The maximum Gasteiger partial charge on any atom is 0.223 e. The van der Waals surface area contributed by atoms with Crippen LogP contribution in [0, 0.1) is 0 Å². The van der Waals surface area contributed by atoms with Gasteiger partial charge in [-0.15, -0.1) is 0 Å². The Morgan fingerprint density at radius 1 is 1.50 bits per heavy atom. The van der Waals surface area contributed by atoms with Gasteiger partial charge in [-0.25, -0.2) is 0 Å². The molecule has 1 fully saturated rings. The second kappa shape index (κ2) is 4.30. The van der Waals surface area contributed by atoms with Crippen LogP contribution in [0.25, 0.3) is 11.0 Å². The quantitative estimate of drug-likeness (QED) is 0.570. The predicted octanol–water partition coefficient (Wildman–Crippen LogP) is -0.721. The molecule has 0 radical (unpaired) electrons. The number of anilines is 2. The Kier molecular flexibility index (Phi) is 2.82. The standard InChI is InChI=1S/C12H17N5O3/c1-12(5-18)8(19)7(4-20-12)17-3-2-6-9(13)15-11(14)16-10(6)17/h2-3,7-8,18-19H,4-5H2,1H3,(H4,13,14,15,16)/t7?,8-,12+/m0/s1. The summed E-state index contributed by atoms with van der Waals surface area (Å²) in [5.74, 6) is 0.373.